The normalized spacial score (nSPS) is 13.1. The van der Waals surface area contributed by atoms with Crippen LogP contribution >= 0.6 is 0 Å². The number of hydrogen-bond donors (Lipinski definition) is 0. The molecular weight excluding hydrogens is 653 g/mol. The monoisotopic (exact) mass is 694 g/mol. The fraction of sp³-hybridized carbons (Fsp3) is 0.115. The van der Waals surface area contributed by atoms with E-state index in [4.69, 9.17) is 0 Å². The van der Waals surface area contributed by atoms with Gasteiger partial charge in [-0.3, -0.25) is 0 Å². The van der Waals surface area contributed by atoms with Crippen molar-refractivity contribution < 1.29 is 0 Å². The van der Waals surface area contributed by atoms with Gasteiger partial charge in [0, 0.05) is 38.6 Å². The third-order valence-corrected chi connectivity index (χ3v) is 11.9. The first-order chi connectivity index (χ1) is 26.3. The quantitative estimate of drug-likeness (QED) is 0.174. The standard InChI is InChI=1S/C52H42N2/c1-33-20-26-48-44(28-33)45-30-37(36-14-8-6-9-15-36)22-27-49(45)54(48)40-24-25-43-46(31-40)52(4,5)47-32-50(41-18-12-13-19-42(41)51(43)47)53(38-16-10-7-11-17-38)39-23-21-34(2)35(3)29-39/h6-32H,1-5H3. The van der Waals surface area contributed by atoms with E-state index in [1.807, 2.05) is 0 Å². The van der Waals surface area contributed by atoms with Crippen molar-refractivity contribution in [2.24, 2.45) is 0 Å². The Balaban J connectivity index is 1.18. The van der Waals surface area contributed by atoms with Gasteiger partial charge >= 0.3 is 0 Å². The van der Waals surface area contributed by atoms with Crippen LogP contribution in [0.3, 0.4) is 0 Å². The van der Waals surface area contributed by atoms with E-state index >= 15 is 0 Å². The van der Waals surface area contributed by atoms with E-state index in [-0.39, 0.29) is 5.41 Å². The second kappa shape index (κ2) is 12.1. The molecule has 10 rings (SSSR count). The van der Waals surface area contributed by atoms with Gasteiger partial charge in [-0.1, -0.05) is 116 Å². The maximum atomic E-state index is 2.48. The Labute approximate surface area is 317 Å². The number of anilines is 3. The highest BCUT2D eigenvalue weighted by atomic mass is 15.1. The van der Waals surface area contributed by atoms with Crippen molar-refractivity contribution in [2.45, 2.75) is 40.0 Å². The van der Waals surface area contributed by atoms with E-state index in [2.05, 4.69) is 208 Å². The van der Waals surface area contributed by atoms with Crippen LogP contribution in [0.4, 0.5) is 17.1 Å². The van der Waals surface area contributed by atoms with Crippen LogP contribution in [-0.2, 0) is 5.41 Å². The van der Waals surface area contributed by atoms with Gasteiger partial charge in [0.05, 0.1) is 16.7 Å². The Morgan fingerprint density at radius 1 is 0.463 bits per heavy atom. The van der Waals surface area contributed by atoms with E-state index in [1.54, 1.807) is 0 Å². The van der Waals surface area contributed by atoms with Crippen LogP contribution in [0, 0.1) is 20.8 Å². The summed E-state index contributed by atoms with van der Waals surface area (Å²) in [5.41, 5.74) is 18.6. The van der Waals surface area contributed by atoms with Crippen LogP contribution in [0.2, 0.25) is 0 Å². The zero-order valence-corrected chi connectivity index (χ0v) is 31.5. The summed E-state index contributed by atoms with van der Waals surface area (Å²) in [4.78, 5) is 2.45. The van der Waals surface area contributed by atoms with E-state index < -0.39 is 0 Å². The molecule has 1 aliphatic rings. The summed E-state index contributed by atoms with van der Waals surface area (Å²) in [5.74, 6) is 0. The second-order valence-electron chi connectivity index (χ2n) is 15.6. The smallest absolute Gasteiger partial charge is 0.0543 e. The molecule has 2 nitrogen and oxygen atoms in total. The molecule has 0 saturated carbocycles. The molecule has 0 aliphatic heterocycles. The van der Waals surface area contributed by atoms with Gasteiger partial charge < -0.3 is 9.47 Å². The SMILES string of the molecule is Cc1ccc2c(c1)c1cc(-c3ccccc3)ccc1n2-c1ccc2c(c1)C(C)(C)c1cc(N(c3ccccc3)c3ccc(C)c(C)c3)c3ccccc3c1-2. The molecule has 0 fully saturated rings. The van der Waals surface area contributed by atoms with Crippen LogP contribution < -0.4 is 4.90 Å². The van der Waals surface area contributed by atoms with Gasteiger partial charge in [0.1, 0.15) is 0 Å². The van der Waals surface area contributed by atoms with Crippen molar-refractivity contribution in [1.82, 2.24) is 4.57 Å². The Morgan fingerprint density at radius 3 is 1.91 bits per heavy atom. The van der Waals surface area contributed by atoms with E-state index in [9.17, 15) is 0 Å². The highest BCUT2D eigenvalue weighted by Gasteiger charge is 2.38. The topological polar surface area (TPSA) is 8.17 Å². The summed E-state index contributed by atoms with van der Waals surface area (Å²) in [6, 6.07) is 60.8. The molecule has 54 heavy (non-hydrogen) atoms. The third kappa shape index (κ3) is 4.87. The highest BCUT2D eigenvalue weighted by molar-refractivity contribution is 6.12. The number of hydrogen-bond acceptors (Lipinski definition) is 1. The highest BCUT2D eigenvalue weighted by Crippen LogP contribution is 2.55. The maximum Gasteiger partial charge on any atom is 0.0543 e. The average molecular weight is 695 g/mol. The Hall–Kier alpha value is -6.38. The Kier molecular flexibility index (Phi) is 7.22. The second-order valence-corrected chi connectivity index (χ2v) is 15.6. The number of para-hydroxylation sites is 1. The Morgan fingerprint density at radius 2 is 1.15 bits per heavy atom. The number of aryl methyl sites for hydroxylation is 3. The number of benzene rings is 8. The minimum Gasteiger partial charge on any atom is -0.310 e. The summed E-state index contributed by atoms with van der Waals surface area (Å²) in [6.45, 7) is 11.4. The van der Waals surface area contributed by atoms with Crippen molar-refractivity contribution >= 4 is 49.6 Å². The van der Waals surface area contributed by atoms with Crippen molar-refractivity contribution in [3.8, 4) is 27.9 Å². The van der Waals surface area contributed by atoms with Crippen LogP contribution in [0.5, 0.6) is 0 Å². The van der Waals surface area contributed by atoms with Crippen LogP contribution in [0.1, 0.15) is 41.7 Å². The predicted molar refractivity (Wildman–Crippen MR) is 230 cm³/mol. The molecule has 1 aromatic heterocycles. The lowest BCUT2D eigenvalue weighted by molar-refractivity contribution is 0.660. The van der Waals surface area contributed by atoms with Crippen LogP contribution in [0.15, 0.2) is 164 Å². The van der Waals surface area contributed by atoms with Crippen LogP contribution in [-0.4, -0.2) is 4.57 Å². The number of fused-ring (bicyclic) bond motifs is 8. The van der Waals surface area contributed by atoms with Gasteiger partial charge in [0.2, 0.25) is 0 Å². The summed E-state index contributed by atoms with van der Waals surface area (Å²) < 4.78 is 2.47. The molecule has 0 unspecified atom stereocenters. The summed E-state index contributed by atoms with van der Waals surface area (Å²) in [7, 11) is 0. The lowest BCUT2D eigenvalue weighted by atomic mass is 9.81. The number of nitrogens with zero attached hydrogens (tertiary/aromatic N) is 2. The molecule has 0 amide bonds. The van der Waals surface area contributed by atoms with Gasteiger partial charge in [-0.2, -0.15) is 0 Å². The molecule has 0 bridgehead atoms. The van der Waals surface area contributed by atoms with Crippen molar-refractivity contribution in [3.63, 3.8) is 0 Å². The fourth-order valence-electron chi connectivity index (χ4n) is 8.97. The van der Waals surface area contributed by atoms with Crippen molar-refractivity contribution in [3.05, 3.63) is 192 Å². The molecule has 0 atom stereocenters. The first-order valence-electron chi connectivity index (χ1n) is 19.0. The van der Waals surface area contributed by atoms with E-state index in [0.717, 1.165) is 5.69 Å². The summed E-state index contributed by atoms with van der Waals surface area (Å²) in [6.07, 6.45) is 0. The van der Waals surface area contributed by atoms with Gasteiger partial charge in [0.15, 0.2) is 0 Å². The lowest BCUT2D eigenvalue weighted by Gasteiger charge is -2.30. The van der Waals surface area contributed by atoms with Gasteiger partial charge in [-0.15, -0.1) is 0 Å². The molecule has 1 heterocycles. The first kappa shape index (κ1) is 32.3. The van der Waals surface area contributed by atoms with E-state index in [1.165, 1.54) is 99.7 Å². The molecule has 9 aromatic rings. The first-order valence-corrected chi connectivity index (χ1v) is 19.0. The minimum absolute atomic E-state index is 0.235. The molecule has 2 heteroatoms. The summed E-state index contributed by atoms with van der Waals surface area (Å²) >= 11 is 0. The third-order valence-electron chi connectivity index (χ3n) is 11.9. The molecule has 8 aromatic carbocycles. The van der Waals surface area contributed by atoms with Gasteiger partial charge in [-0.05, 0) is 137 Å². The fourth-order valence-corrected chi connectivity index (χ4v) is 8.97. The van der Waals surface area contributed by atoms with Gasteiger partial charge in [-0.25, -0.2) is 0 Å². The summed E-state index contributed by atoms with van der Waals surface area (Å²) in [5, 5.41) is 5.10. The molecule has 0 spiro atoms. The molecule has 260 valence electrons. The van der Waals surface area contributed by atoms with Crippen molar-refractivity contribution in [1.29, 1.82) is 0 Å². The minimum atomic E-state index is -0.235. The zero-order chi connectivity index (χ0) is 36.7. The Bertz CT molecular complexity index is 2930. The van der Waals surface area contributed by atoms with Crippen LogP contribution in [0.25, 0.3) is 60.5 Å². The molecule has 0 N–H and O–H groups in total. The molecular formula is C52H42N2. The largest absolute Gasteiger partial charge is 0.310 e. The number of rotatable bonds is 5. The van der Waals surface area contributed by atoms with Crippen molar-refractivity contribution in [2.75, 3.05) is 4.90 Å². The maximum absolute atomic E-state index is 2.48. The number of aromatic nitrogens is 1. The molecule has 0 saturated heterocycles. The van der Waals surface area contributed by atoms with E-state index in [0.29, 0.717) is 0 Å². The molecule has 0 radical (unpaired) electrons. The lowest BCUT2D eigenvalue weighted by Crippen LogP contribution is -2.17. The predicted octanol–water partition coefficient (Wildman–Crippen LogP) is 14.3. The molecule has 1 aliphatic carbocycles. The van der Waals surface area contributed by atoms with Gasteiger partial charge in [0.25, 0.3) is 0 Å². The zero-order valence-electron chi connectivity index (χ0n) is 31.5. The average Bonchev–Trinajstić information content (AvgIpc) is 3.64.